The van der Waals surface area contributed by atoms with Crippen LogP contribution in [-0.2, 0) is 0 Å². The summed E-state index contributed by atoms with van der Waals surface area (Å²) >= 11 is 3.70. The molecule has 0 aliphatic carbocycles. The van der Waals surface area contributed by atoms with Gasteiger partial charge in [-0.1, -0.05) is 23.5 Å². The molecule has 1 fully saturated rings. The van der Waals surface area contributed by atoms with Crippen LogP contribution in [0.5, 0.6) is 0 Å². The molecule has 0 saturated carbocycles. The molecule has 1 aromatic heterocycles. The van der Waals surface area contributed by atoms with E-state index < -0.39 is 0 Å². The summed E-state index contributed by atoms with van der Waals surface area (Å²) in [4.78, 5) is 21.3. The fraction of sp³-hybridized carbons (Fsp3) is 0.222. The number of piperazine rings is 1. The minimum atomic E-state index is -0.240. The number of anilines is 1. The van der Waals surface area contributed by atoms with Crippen LogP contribution in [0.3, 0.4) is 0 Å². The molecule has 0 N–H and O–H groups in total. The Morgan fingerprint density at radius 3 is 2.64 bits per heavy atom. The zero-order chi connectivity index (χ0) is 17.4. The first-order chi connectivity index (χ1) is 12.1. The molecule has 1 aliphatic heterocycles. The van der Waals surface area contributed by atoms with Gasteiger partial charge < -0.3 is 9.80 Å². The Morgan fingerprint density at radius 2 is 1.88 bits per heavy atom. The summed E-state index contributed by atoms with van der Waals surface area (Å²) in [5.41, 5.74) is 1.57. The summed E-state index contributed by atoms with van der Waals surface area (Å²) < 4.78 is 15.2. The van der Waals surface area contributed by atoms with E-state index in [1.165, 1.54) is 23.5 Å². The van der Waals surface area contributed by atoms with Gasteiger partial charge in [-0.25, -0.2) is 9.37 Å². The third-order valence-corrected chi connectivity index (χ3v) is 6.30. The molecule has 2 heterocycles. The first-order valence-electron chi connectivity index (χ1n) is 7.97. The van der Waals surface area contributed by atoms with Gasteiger partial charge in [-0.05, 0) is 52.9 Å². The highest BCUT2D eigenvalue weighted by atomic mass is 127. The second-order valence-corrected chi connectivity index (χ2v) is 8.04. The monoisotopic (exact) mass is 467 g/mol. The lowest BCUT2D eigenvalue weighted by Gasteiger charge is -2.34. The largest absolute Gasteiger partial charge is 0.345 e. The van der Waals surface area contributed by atoms with Gasteiger partial charge in [-0.3, -0.25) is 4.79 Å². The summed E-state index contributed by atoms with van der Waals surface area (Å²) in [5.74, 6) is -0.161. The number of aromatic nitrogens is 1. The Kier molecular flexibility index (Phi) is 4.60. The van der Waals surface area contributed by atoms with Crippen molar-refractivity contribution in [1.82, 2.24) is 9.88 Å². The molecule has 128 valence electrons. The highest BCUT2D eigenvalue weighted by Gasteiger charge is 2.24. The number of fused-ring (bicyclic) bond motifs is 1. The van der Waals surface area contributed by atoms with Crippen molar-refractivity contribution in [2.24, 2.45) is 0 Å². The molecular weight excluding hydrogens is 452 g/mol. The van der Waals surface area contributed by atoms with E-state index in [4.69, 9.17) is 0 Å². The zero-order valence-electron chi connectivity index (χ0n) is 13.3. The number of nitrogens with zero attached hydrogens (tertiary/aromatic N) is 3. The summed E-state index contributed by atoms with van der Waals surface area (Å²) in [6.07, 6.45) is 0. The molecule has 0 atom stereocenters. The number of carbonyl (C=O) groups excluding carboxylic acids is 1. The van der Waals surface area contributed by atoms with Crippen molar-refractivity contribution in [3.63, 3.8) is 0 Å². The van der Waals surface area contributed by atoms with Crippen LogP contribution in [0, 0.1) is 9.39 Å². The Bertz CT molecular complexity index is 937. The second-order valence-electron chi connectivity index (χ2n) is 5.87. The smallest absolute Gasteiger partial charge is 0.255 e. The van der Waals surface area contributed by atoms with Crippen LogP contribution in [0.1, 0.15) is 10.4 Å². The molecule has 7 heteroatoms. The van der Waals surface area contributed by atoms with E-state index in [0.29, 0.717) is 13.1 Å². The molecule has 2 aromatic carbocycles. The Labute approximate surface area is 162 Å². The molecule has 0 spiro atoms. The van der Waals surface area contributed by atoms with Crippen molar-refractivity contribution in [2.45, 2.75) is 0 Å². The van der Waals surface area contributed by atoms with Crippen LogP contribution in [-0.4, -0.2) is 42.0 Å². The van der Waals surface area contributed by atoms with E-state index in [-0.39, 0.29) is 11.7 Å². The molecule has 3 aromatic rings. The predicted molar refractivity (Wildman–Crippen MR) is 107 cm³/mol. The van der Waals surface area contributed by atoms with Gasteiger partial charge >= 0.3 is 0 Å². The third kappa shape index (κ3) is 3.35. The lowest BCUT2D eigenvalue weighted by Crippen LogP contribution is -2.48. The van der Waals surface area contributed by atoms with Crippen LogP contribution >= 0.6 is 33.9 Å². The van der Waals surface area contributed by atoms with Crippen LogP contribution in [0.2, 0.25) is 0 Å². The van der Waals surface area contributed by atoms with Gasteiger partial charge in [0.05, 0.1) is 15.8 Å². The van der Waals surface area contributed by atoms with Crippen LogP contribution in [0.15, 0.2) is 42.5 Å². The van der Waals surface area contributed by atoms with Crippen molar-refractivity contribution >= 4 is 55.2 Å². The van der Waals surface area contributed by atoms with Crippen molar-refractivity contribution in [3.05, 3.63) is 57.4 Å². The van der Waals surface area contributed by atoms with Crippen LogP contribution in [0.4, 0.5) is 9.52 Å². The maximum atomic E-state index is 13.3. The summed E-state index contributed by atoms with van der Waals surface area (Å²) in [6.45, 7) is 2.79. The summed E-state index contributed by atoms with van der Waals surface area (Å²) in [5, 5.41) is 0.891. The van der Waals surface area contributed by atoms with Crippen molar-refractivity contribution in [2.75, 3.05) is 31.1 Å². The predicted octanol–water partition coefficient (Wildman–Crippen LogP) is 4.00. The van der Waals surface area contributed by atoms with Crippen LogP contribution < -0.4 is 4.90 Å². The topological polar surface area (TPSA) is 36.4 Å². The van der Waals surface area contributed by atoms with Gasteiger partial charge in [-0.2, -0.15) is 0 Å². The SMILES string of the molecule is O=C(c1ccccc1I)N1CCN(c2nc3ccc(F)cc3s2)CC1. The highest BCUT2D eigenvalue weighted by molar-refractivity contribution is 14.1. The van der Waals surface area contributed by atoms with Gasteiger partial charge in [0.25, 0.3) is 5.91 Å². The van der Waals surface area contributed by atoms with Gasteiger partial charge in [0.1, 0.15) is 5.82 Å². The Hall–Kier alpha value is -1.74. The molecule has 0 radical (unpaired) electrons. The van der Waals surface area contributed by atoms with Crippen LogP contribution in [0.25, 0.3) is 10.2 Å². The van der Waals surface area contributed by atoms with E-state index in [0.717, 1.165) is 37.6 Å². The lowest BCUT2D eigenvalue weighted by atomic mass is 10.2. The van der Waals surface area contributed by atoms with Gasteiger partial charge in [0.15, 0.2) is 5.13 Å². The molecule has 1 saturated heterocycles. The lowest BCUT2D eigenvalue weighted by molar-refractivity contribution is 0.0745. The normalized spacial score (nSPS) is 15.0. The van der Waals surface area contributed by atoms with Gasteiger partial charge in [0.2, 0.25) is 0 Å². The second kappa shape index (κ2) is 6.87. The molecule has 0 unspecified atom stereocenters. The average molecular weight is 467 g/mol. The minimum absolute atomic E-state index is 0.0796. The zero-order valence-corrected chi connectivity index (χ0v) is 16.3. The fourth-order valence-electron chi connectivity index (χ4n) is 2.93. The van der Waals surface area contributed by atoms with E-state index in [9.17, 15) is 9.18 Å². The Balaban J connectivity index is 1.47. The summed E-state index contributed by atoms with van der Waals surface area (Å²) in [6, 6.07) is 12.3. The average Bonchev–Trinajstić information content (AvgIpc) is 3.05. The number of benzene rings is 2. The van der Waals surface area contributed by atoms with Gasteiger partial charge in [-0.15, -0.1) is 0 Å². The maximum absolute atomic E-state index is 13.3. The van der Waals surface area contributed by atoms with Crippen molar-refractivity contribution in [3.8, 4) is 0 Å². The first kappa shape index (κ1) is 16.7. The quantitative estimate of drug-likeness (QED) is 0.535. The molecule has 25 heavy (non-hydrogen) atoms. The number of hydrogen-bond acceptors (Lipinski definition) is 4. The van der Waals surface area contributed by atoms with E-state index in [1.807, 2.05) is 29.2 Å². The number of rotatable bonds is 2. The highest BCUT2D eigenvalue weighted by Crippen LogP contribution is 2.30. The molecule has 0 bridgehead atoms. The minimum Gasteiger partial charge on any atom is -0.345 e. The molecule has 4 nitrogen and oxygen atoms in total. The number of hydrogen-bond donors (Lipinski definition) is 0. The number of carbonyl (C=O) groups is 1. The number of amides is 1. The number of thiazole rings is 1. The molecule has 1 amide bonds. The third-order valence-electron chi connectivity index (χ3n) is 4.28. The van der Waals surface area contributed by atoms with E-state index in [1.54, 1.807) is 6.07 Å². The molecular formula is C18H15FIN3OS. The van der Waals surface area contributed by atoms with E-state index in [2.05, 4.69) is 32.5 Å². The van der Waals surface area contributed by atoms with Crippen molar-refractivity contribution < 1.29 is 9.18 Å². The maximum Gasteiger partial charge on any atom is 0.255 e. The number of halogens is 2. The van der Waals surface area contributed by atoms with Crippen molar-refractivity contribution in [1.29, 1.82) is 0 Å². The molecule has 1 aliphatic rings. The first-order valence-corrected chi connectivity index (χ1v) is 9.86. The summed E-state index contributed by atoms with van der Waals surface area (Å²) in [7, 11) is 0. The molecule has 4 rings (SSSR count). The Morgan fingerprint density at radius 1 is 1.12 bits per heavy atom. The van der Waals surface area contributed by atoms with E-state index >= 15 is 0 Å². The fourth-order valence-corrected chi connectivity index (χ4v) is 4.59. The van der Waals surface area contributed by atoms with Gasteiger partial charge in [0, 0.05) is 29.7 Å². The standard InChI is InChI=1S/C18H15FIN3OS/c19-12-5-6-15-16(11-12)25-18(21-15)23-9-7-22(8-10-23)17(24)13-3-1-2-4-14(13)20/h1-6,11H,7-10H2.